The number of para-hydroxylation sites is 1. The first-order chi connectivity index (χ1) is 12.2. The highest BCUT2D eigenvalue weighted by Crippen LogP contribution is 2.32. The Morgan fingerprint density at radius 1 is 1.00 bits per heavy atom. The molecule has 0 radical (unpaired) electrons. The molecule has 0 fully saturated rings. The van der Waals surface area contributed by atoms with Crippen LogP contribution < -0.4 is 11.5 Å². The summed E-state index contributed by atoms with van der Waals surface area (Å²) in [7, 11) is 3.15. The van der Waals surface area contributed by atoms with E-state index in [2.05, 4.69) is 9.98 Å². The molecule has 9 heteroatoms. The van der Waals surface area contributed by atoms with E-state index in [0.29, 0.717) is 10.7 Å². The van der Waals surface area contributed by atoms with Gasteiger partial charge in [0.2, 0.25) is 0 Å². The van der Waals surface area contributed by atoms with E-state index >= 15 is 0 Å². The van der Waals surface area contributed by atoms with E-state index in [-0.39, 0.29) is 39.6 Å². The molecule has 0 unspecified atom stereocenters. The van der Waals surface area contributed by atoms with Crippen LogP contribution in [0.5, 0.6) is 5.75 Å². The third-order valence-electron chi connectivity index (χ3n) is 3.33. The summed E-state index contributed by atoms with van der Waals surface area (Å²) in [4.78, 5) is 21.5. The molecule has 0 saturated heterocycles. The van der Waals surface area contributed by atoms with Gasteiger partial charge in [-0.1, -0.05) is 35.3 Å². The summed E-state index contributed by atoms with van der Waals surface area (Å²) in [6, 6.07) is 9.44. The number of amidine groups is 2. The second-order valence-corrected chi connectivity index (χ2v) is 6.23. The predicted molar refractivity (Wildman–Crippen MR) is 105 cm³/mol. The first kappa shape index (κ1) is 19.6. The summed E-state index contributed by atoms with van der Waals surface area (Å²) in [6.45, 7) is 0. The minimum atomic E-state index is -0.370. The van der Waals surface area contributed by atoms with Crippen LogP contribution >= 0.6 is 23.2 Å². The van der Waals surface area contributed by atoms with E-state index in [0.717, 1.165) is 0 Å². The summed E-state index contributed by atoms with van der Waals surface area (Å²) in [5.41, 5.74) is 12.2. The molecule has 7 nitrogen and oxygen atoms in total. The molecule has 2 rings (SSSR count). The van der Waals surface area contributed by atoms with Crippen molar-refractivity contribution in [3.8, 4) is 5.75 Å². The number of aliphatic imine (C=N–C) groups is 2. The number of hydrogen-bond acceptors (Lipinski definition) is 4. The Morgan fingerprint density at radius 2 is 1.54 bits per heavy atom. The molecule has 2 aromatic carbocycles. The topological polar surface area (TPSA) is 117 Å². The Morgan fingerprint density at radius 3 is 2.15 bits per heavy atom. The summed E-state index contributed by atoms with van der Waals surface area (Å²) in [5.74, 6) is -0.933. The highest BCUT2D eigenvalue weighted by molar-refractivity contribution is 6.44. The van der Waals surface area contributed by atoms with Crippen LogP contribution in [0.3, 0.4) is 0 Å². The quantitative estimate of drug-likeness (QED) is 0.548. The maximum absolute atomic E-state index is 12.1. The van der Waals surface area contributed by atoms with E-state index in [1.54, 1.807) is 38.4 Å². The van der Waals surface area contributed by atoms with Crippen LogP contribution in [0.15, 0.2) is 46.4 Å². The molecule has 5 N–H and O–H groups in total. The second kappa shape index (κ2) is 8.07. The van der Waals surface area contributed by atoms with Gasteiger partial charge >= 0.3 is 0 Å². The van der Waals surface area contributed by atoms with E-state index < -0.39 is 0 Å². The molecule has 26 heavy (non-hydrogen) atoms. The number of benzene rings is 2. The van der Waals surface area contributed by atoms with Crippen molar-refractivity contribution < 1.29 is 9.90 Å². The van der Waals surface area contributed by atoms with E-state index in [9.17, 15) is 9.90 Å². The van der Waals surface area contributed by atoms with Crippen LogP contribution in [0, 0.1) is 0 Å². The van der Waals surface area contributed by atoms with Gasteiger partial charge in [0.25, 0.3) is 5.91 Å². The van der Waals surface area contributed by atoms with Crippen molar-refractivity contribution in [2.75, 3.05) is 14.1 Å². The molecule has 0 aliphatic carbocycles. The lowest BCUT2D eigenvalue weighted by Crippen LogP contribution is -2.30. The molecular weight excluding hydrogens is 377 g/mol. The summed E-state index contributed by atoms with van der Waals surface area (Å²) in [6.07, 6.45) is 0. The molecule has 136 valence electrons. The molecule has 0 saturated carbocycles. The average Bonchev–Trinajstić information content (AvgIpc) is 2.60. The molecule has 0 atom stereocenters. The lowest BCUT2D eigenvalue weighted by Gasteiger charge is -2.12. The maximum Gasteiger partial charge on any atom is 0.257 e. The Balaban J connectivity index is 2.40. The number of aromatic hydroxyl groups is 1. The molecule has 0 spiro atoms. The van der Waals surface area contributed by atoms with Gasteiger partial charge in [-0.05, 0) is 24.3 Å². The minimum absolute atomic E-state index is 0.0885. The van der Waals surface area contributed by atoms with Gasteiger partial charge in [-0.25, -0.2) is 9.98 Å². The SMILES string of the molecule is CN(C)C(=O)c1cccc(N=C(N)C(N)=Nc2cccc(Cl)c2Cl)c1O. The van der Waals surface area contributed by atoms with Crippen LogP contribution in [0.1, 0.15) is 10.4 Å². The van der Waals surface area contributed by atoms with Crippen molar-refractivity contribution in [2.45, 2.75) is 0 Å². The van der Waals surface area contributed by atoms with Crippen molar-refractivity contribution in [3.63, 3.8) is 0 Å². The molecule has 0 bridgehead atoms. The van der Waals surface area contributed by atoms with Gasteiger partial charge in [0, 0.05) is 14.1 Å². The molecule has 0 aromatic heterocycles. The molecule has 0 aliphatic heterocycles. The zero-order valence-corrected chi connectivity index (χ0v) is 15.6. The third kappa shape index (κ3) is 4.25. The molecule has 0 heterocycles. The Bertz CT molecular complexity index is 910. The number of phenolic OH excluding ortho intramolecular Hbond substituents is 1. The first-order valence-electron chi connectivity index (χ1n) is 7.38. The normalized spacial score (nSPS) is 12.2. The molecule has 2 aromatic rings. The Labute approximate surface area is 160 Å². The van der Waals surface area contributed by atoms with Crippen LogP contribution in [0.2, 0.25) is 10.0 Å². The largest absolute Gasteiger partial charge is 0.505 e. The predicted octanol–water partition coefficient (Wildman–Crippen LogP) is 3.08. The van der Waals surface area contributed by atoms with Crippen molar-refractivity contribution in [1.29, 1.82) is 0 Å². The zero-order valence-electron chi connectivity index (χ0n) is 14.1. The molecule has 1 amide bonds. The zero-order chi connectivity index (χ0) is 19.4. The fraction of sp³-hybridized carbons (Fsp3) is 0.118. The van der Waals surface area contributed by atoms with Crippen LogP contribution in [-0.4, -0.2) is 41.7 Å². The van der Waals surface area contributed by atoms with Crippen LogP contribution in [-0.2, 0) is 0 Å². The van der Waals surface area contributed by atoms with Crippen molar-refractivity contribution in [2.24, 2.45) is 21.5 Å². The highest BCUT2D eigenvalue weighted by atomic mass is 35.5. The number of hydrogen-bond donors (Lipinski definition) is 3. The number of halogens is 2. The van der Waals surface area contributed by atoms with Crippen molar-refractivity contribution in [3.05, 3.63) is 52.0 Å². The highest BCUT2D eigenvalue weighted by Gasteiger charge is 2.16. The van der Waals surface area contributed by atoms with Gasteiger partial charge in [-0.3, -0.25) is 4.79 Å². The Kier molecular flexibility index (Phi) is 6.07. The lowest BCUT2D eigenvalue weighted by atomic mass is 10.1. The number of carbonyl (C=O) groups is 1. The number of nitrogens with zero attached hydrogens (tertiary/aromatic N) is 3. The number of rotatable bonds is 3. The third-order valence-corrected chi connectivity index (χ3v) is 4.14. The first-order valence-corrected chi connectivity index (χ1v) is 8.14. The van der Waals surface area contributed by atoms with Gasteiger partial charge < -0.3 is 21.5 Å². The molecular formula is C17H17Cl2N5O2. The number of amides is 1. The van der Waals surface area contributed by atoms with E-state index in [1.807, 2.05) is 0 Å². The second-order valence-electron chi connectivity index (χ2n) is 5.44. The van der Waals surface area contributed by atoms with E-state index in [1.165, 1.54) is 17.0 Å². The summed E-state index contributed by atoms with van der Waals surface area (Å²) >= 11 is 12.0. The van der Waals surface area contributed by atoms with Gasteiger partial charge in [-0.15, -0.1) is 0 Å². The van der Waals surface area contributed by atoms with E-state index in [4.69, 9.17) is 34.7 Å². The number of carbonyl (C=O) groups excluding carboxylic acids is 1. The van der Waals surface area contributed by atoms with Gasteiger partial charge in [0.05, 0.1) is 21.3 Å². The number of phenols is 1. The summed E-state index contributed by atoms with van der Waals surface area (Å²) in [5, 5.41) is 10.8. The standard InChI is InChI=1S/C17H17Cl2N5O2/c1-24(2)17(26)9-5-3-8-12(14(9)25)23-16(21)15(20)22-11-7-4-6-10(18)13(11)19/h3-8,25H,1-2H3,(H2,20,22)(H2,21,23). The fourth-order valence-corrected chi connectivity index (χ4v) is 2.33. The molecule has 0 aliphatic rings. The van der Waals surface area contributed by atoms with Gasteiger partial charge in [0.1, 0.15) is 5.69 Å². The van der Waals surface area contributed by atoms with Crippen LogP contribution in [0.4, 0.5) is 11.4 Å². The fourth-order valence-electron chi connectivity index (χ4n) is 1.99. The monoisotopic (exact) mass is 393 g/mol. The maximum atomic E-state index is 12.1. The average molecular weight is 394 g/mol. The van der Waals surface area contributed by atoms with Gasteiger partial charge in [-0.2, -0.15) is 0 Å². The van der Waals surface area contributed by atoms with Crippen molar-refractivity contribution >= 4 is 52.2 Å². The van der Waals surface area contributed by atoms with Crippen LogP contribution in [0.25, 0.3) is 0 Å². The smallest absolute Gasteiger partial charge is 0.257 e. The minimum Gasteiger partial charge on any atom is -0.505 e. The van der Waals surface area contributed by atoms with Gasteiger partial charge in [0.15, 0.2) is 17.4 Å². The Hall–Kier alpha value is -2.77. The lowest BCUT2D eigenvalue weighted by molar-refractivity contribution is 0.0824. The number of nitrogens with two attached hydrogens (primary N) is 2. The van der Waals surface area contributed by atoms with Crippen molar-refractivity contribution in [1.82, 2.24) is 4.90 Å². The summed E-state index contributed by atoms with van der Waals surface area (Å²) < 4.78 is 0.